The molecule has 0 spiro atoms. The maximum Gasteiger partial charge on any atom is 0.258 e. The van der Waals surface area contributed by atoms with E-state index in [1.165, 1.54) is 0 Å². The summed E-state index contributed by atoms with van der Waals surface area (Å²) < 4.78 is 7.76. The average molecular weight is 341 g/mol. The van der Waals surface area contributed by atoms with E-state index in [1.54, 1.807) is 6.92 Å². The van der Waals surface area contributed by atoms with Gasteiger partial charge in [0.2, 0.25) is 0 Å². The number of amides is 1. The van der Waals surface area contributed by atoms with Crippen LogP contribution in [-0.4, -0.2) is 39.5 Å². The van der Waals surface area contributed by atoms with Crippen LogP contribution < -0.4 is 0 Å². The van der Waals surface area contributed by atoms with Gasteiger partial charge in [-0.1, -0.05) is 0 Å². The Morgan fingerprint density at radius 1 is 1.28 bits per heavy atom. The highest BCUT2D eigenvalue weighted by atomic mass is 16.3. The monoisotopic (exact) mass is 341 g/mol. The van der Waals surface area contributed by atoms with Crippen molar-refractivity contribution < 1.29 is 14.0 Å². The molecular weight excluding hydrogens is 318 g/mol. The molecule has 1 amide bonds. The lowest BCUT2D eigenvalue weighted by Gasteiger charge is -2.18. The number of hydrogen-bond donors (Lipinski definition) is 0. The van der Waals surface area contributed by atoms with E-state index in [4.69, 9.17) is 4.42 Å². The van der Waals surface area contributed by atoms with Crippen LogP contribution in [0.15, 0.2) is 10.5 Å². The van der Waals surface area contributed by atoms with Gasteiger partial charge in [0, 0.05) is 31.6 Å². The Labute approximate surface area is 146 Å². The van der Waals surface area contributed by atoms with Crippen molar-refractivity contribution in [2.45, 2.75) is 52.5 Å². The Kier molecular flexibility index (Phi) is 3.78. The van der Waals surface area contributed by atoms with Crippen LogP contribution in [0.5, 0.6) is 0 Å². The third-order valence-electron chi connectivity index (χ3n) is 5.30. The summed E-state index contributed by atoms with van der Waals surface area (Å²) in [6.07, 6.45) is 2.92. The van der Waals surface area contributed by atoms with Crippen molar-refractivity contribution >= 4 is 11.7 Å². The molecule has 1 fully saturated rings. The fourth-order valence-electron chi connectivity index (χ4n) is 4.17. The number of aromatic nitrogens is 2. The zero-order valence-corrected chi connectivity index (χ0v) is 15.0. The van der Waals surface area contributed by atoms with Crippen LogP contribution in [0.25, 0.3) is 0 Å². The number of carbonyl (C=O) groups excluding carboxylic acids is 2. The zero-order valence-electron chi connectivity index (χ0n) is 15.0. The minimum atomic E-state index is -0.0817. The Morgan fingerprint density at radius 2 is 2.08 bits per heavy atom. The van der Waals surface area contributed by atoms with E-state index in [0.29, 0.717) is 42.2 Å². The first kappa shape index (κ1) is 16.1. The molecule has 2 aromatic rings. The number of hydrogen-bond acceptors (Lipinski definition) is 4. The molecule has 3 heterocycles. The second kappa shape index (κ2) is 5.86. The molecule has 6 nitrogen and oxygen atoms in total. The minimum Gasteiger partial charge on any atom is -0.465 e. The summed E-state index contributed by atoms with van der Waals surface area (Å²) in [6, 6.07) is 2.25. The molecule has 25 heavy (non-hydrogen) atoms. The van der Waals surface area contributed by atoms with Crippen LogP contribution in [0, 0.1) is 20.8 Å². The first-order chi connectivity index (χ1) is 12.0. The molecule has 0 aromatic carbocycles. The molecule has 4 rings (SSSR count). The van der Waals surface area contributed by atoms with Gasteiger partial charge in [0.05, 0.1) is 22.9 Å². The second-order valence-corrected chi connectivity index (χ2v) is 7.17. The minimum absolute atomic E-state index is 0.0377. The van der Waals surface area contributed by atoms with Gasteiger partial charge in [-0.15, -0.1) is 0 Å². The number of fused-ring (bicyclic) bond motifs is 1. The number of nitrogens with zero attached hydrogens (tertiary/aromatic N) is 3. The van der Waals surface area contributed by atoms with Crippen molar-refractivity contribution in [2.75, 3.05) is 13.1 Å². The lowest BCUT2D eigenvalue weighted by Crippen LogP contribution is -2.31. The van der Waals surface area contributed by atoms with Gasteiger partial charge in [0.1, 0.15) is 11.5 Å². The highest BCUT2D eigenvalue weighted by Crippen LogP contribution is 2.32. The number of ketones is 1. The van der Waals surface area contributed by atoms with Gasteiger partial charge in [-0.2, -0.15) is 5.10 Å². The van der Waals surface area contributed by atoms with E-state index in [1.807, 2.05) is 23.4 Å². The number of rotatable bonds is 2. The van der Waals surface area contributed by atoms with Gasteiger partial charge < -0.3 is 9.32 Å². The average Bonchev–Trinajstić information content (AvgIpc) is 3.24. The van der Waals surface area contributed by atoms with Crippen molar-refractivity contribution in [3.63, 3.8) is 0 Å². The Bertz CT molecular complexity index is 862. The molecule has 2 aliphatic rings. The van der Waals surface area contributed by atoms with Crippen molar-refractivity contribution in [1.82, 2.24) is 14.7 Å². The molecule has 2 aromatic heterocycles. The van der Waals surface area contributed by atoms with E-state index in [0.717, 1.165) is 30.7 Å². The van der Waals surface area contributed by atoms with Gasteiger partial charge in [-0.25, -0.2) is 0 Å². The quantitative estimate of drug-likeness (QED) is 0.842. The number of aryl methyl sites for hydroxylation is 4. The normalized spacial score (nSPS) is 20.2. The Hall–Kier alpha value is -2.37. The summed E-state index contributed by atoms with van der Waals surface area (Å²) in [7, 11) is 0. The fraction of sp³-hybridized carbons (Fsp3) is 0.526. The highest BCUT2D eigenvalue weighted by Gasteiger charge is 2.35. The van der Waals surface area contributed by atoms with E-state index in [2.05, 4.69) is 11.2 Å². The molecular formula is C19H23N3O3. The predicted molar refractivity (Wildman–Crippen MR) is 92.0 cm³/mol. The number of likely N-dealkylation sites (tertiary alicyclic amines) is 1. The first-order valence-electron chi connectivity index (χ1n) is 8.93. The predicted octanol–water partition coefficient (Wildman–Crippen LogP) is 3.01. The largest absolute Gasteiger partial charge is 0.465 e. The molecule has 1 aliphatic heterocycles. The molecule has 0 radical (unpaired) electrons. The van der Waals surface area contributed by atoms with Crippen LogP contribution in [-0.2, 0) is 6.42 Å². The maximum atomic E-state index is 13.1. The van der Waals surface area contributed by atoms with Crippen molar-refractivity contribution in [1.29, 1.82) is 0 Å². The molecule has 1 saturated heterocycles. The Morgan fingerprint density at radius 3 is 2.80 bits per heavy atom. The number of furan rings is 1. The summed E-state index contributed by atoms with van der Waals surface area (Å²) in [5, 5.41) is 4.55. The van der Waals surface area contributed by atoms with Gasteiger partial charge in [-0.05, 0) is 39.7 Å². The molecule has 132 valence electrons. The third kappa shape index (κ3) is 2.60. The van der Waals surface area contributed by atoms with E-state index in [-0.39, 0.29) is 17.7 Å². The van der Waals surface area contributed by atoms with Crippen LogP contribution in [0.3, 0.4) is 0 Å². The van der Waals surface area contributed by atoms with E-state index < -0.39 is 0 Å². The fourth-order valence-corrected chi connectivity index (χ4v) is 4.17. The van der Waals surface area contributed by atoms with Gasteiger partial charge in [0.25, 0.3) is 5.91 Å². The van der Waals surface area contributed by atoms with Gasteiger partial charge in [-0.3, -0.25) is 14.3 Å². The van der Waals surface area contributed by atoms with E-state index >= 15 is 0 Å². The molecule has 1 aliphatic carbocycles. The van der Waals surface area contributed by atoms with Crippen LogP contribution in [0.1, 0.15) is 68.9 Å². The second-order valence-electron chi connectivity index (χ2n) is 7.17. The summed E-state index contributed by atoms with van der Waals surface area (Å²) in [4.78, 5) is 27.3. The van der Waals surface area contributed by atoms with Crippen molar-refractivity contribution in [3.8, 4) is 0 Å². The Balaban J connectivity index is 1.60. The standard InChI is InChI=1S/C19H23N3O3/c1-11-9-12(2)22(20-11)14-7-8-21(10-14)19(24)17-13(3)25-16-6-4-5-15(23)18(16)17/h9,14H,4-8,10H2,1-3H3/t14-/m0/s1. The van der Waals surface area contributed by atoms with Gasteiger partial charge in [0.15, 0.2) is 5.78 Å². The number of carbonyl (C=O) groups is 2. The topological polar surface area (TPSA) is 68.3 Å². The molecule has 6 heteroatoms. The first-order valence-corrected chi connectivity index (χ1v) is 8.93. The van der Waals surface area contributed by atoms with E-state index in [9.17, 15) is 9.59 Å². The van der Waals surface area contributed by atoms with Crippen LogP contribution >= 0.6 is 0 Å². The molecule has 0 N–H and O–H groups in total. The smallest absolute Gasteiger partial charge is 0.258 e. The van der Waals surface area contributed by atoms with Gasteiger partial charge >= 0.3 is 0 Å². The highest BCUT2D eigenvalue weighted by molar-refractivity contribution is 6.10. The SMILES string of the molecule is Cc1cc(C)n([C@H]2CCN(C(=O)c3c(C)oc4c3C(=O)CCC4)C2)n1. The lowest BCUT2D eigenvalue weighted by molar-refractivity contribution is 0.0779. The summed E-state index contributed by atoms with van der Waals surface area (Å²) in [5.41, 5.74) is 3.12. The molecule has 0 saturated carbocycles. The lowest BCUT2D eigenvalue weighted by atomic mass is 9.93. The van der Waals surface area contributed by atoms with Crippen molar-refractivity contribution in [3.05, 3.63) is 40.1 Å². The summed E-state index contributed by atoms with van der Waals surface area (Å²) in [6.45, 7) is 7.10. The molecule has 0 bridgehead atoms. The van der Waals surface area contributed by atoms with Crippen LogP contribution in [0.4, 0.5) is 0 Å². The van der Waals surface area contributed by atoms with Crippen LogP contribution in [0.2, 0.25) is 0 Å². The van der Waals surface area contributed by atoms with Crippen molar-refractivity contribution in [2.24, 2.45) is 0 Å². The zero-order chi connectivity index (χ0) is 17.7. The number of Topliss-reactive ketones (excluding diaryl/α,β-unsaturated/α-hetero) is 1. The molecule has 1 atom stereocenters. The summed E-state index contributed by atoms with van der Waals surface area (Å²) in [5.74, 6) is 1.21. The summed E-state index contributed by atoms with van der Waals surface area (Å²) >= 11 is 0. The third-order valence-corrected chi connectivity index (χ3v) is 5.30. The molecule has 0 unspecified atom stereocenters. The maximum absolute atomic E-state index is 13.1.